The quantitative estimate of drug-likeness (QED) is 0.803. The summed E-state index contributed by atoms with van der Waals surface area (Å²) in [6, 6.07) is 0. The zero-order valence-corrected chi connectivity index (χ0v) is 11.2. The molecule has 7 heteroatoms. The fourth-order valence-electron chi connectivity index (χ4n) is 2.39. The van der Waals surface area contributed by atoms with Gasteiger partial charge < -0.3 is 9.64 Å². The second-order valence-corrected chi connectivity index (χ2v) is 6.02. The molecule has 2 fully saturated rings. The first-order valence-corrected chi connectivity index (χ1v) is 7.21. The number of nitrogens with zero attached hydrogens (tertiary/aromatic N) is 2. The molecular weight excluding hydrogens is 266 g/mol. The van der Waals surface area contributed by atoms with E-state index < -0.39 is 12.2 Å². The minimum atomic E-state index is -0.749. The van der Waals surface area contributed by atoms with Gasteiger partial charge in [-0.3, -0.25) is 10.3 Å². The minimum Gasteiger partial charge on any atom is -0.359 e. The molecule has 1 saturated carbocycles. The van der Waals surface area contributed by atoms with Crippen LogP contribution < -0.4 is 5.32 Å². The molecular formula is C12H15N3O3S. The molecule has 2 amide bonds. The molecule has 1 aromatic rings. The van der Waals surface area contributed by atoms with E-state index in [1.807, 2.05) is 0 Å². The van der Waals surface area contributed by atoms with Crippen LogP contribution in [-0.4, -0.2) is 35.2 Å². The number of thiazole rings is 1. The Morgan fingerprint density at radius 3 is 2.63 bits per heavy atom. The minimum absolute atomic E-state index is 0.502. The number of rotatable bonds is 1. The number of amides is 2. The van der Waals surface area contributed by atoms with Gasteiger partial charge in [-0.2, -0.15) is 0 Å². The van der Waals surface area contributed by atoms with Crippen LogP contribution >= 0.6 is 11.3 Å². The zero-order chi connectivity index (χ0) is 13.3. The van der Waals surface area contributed by atoms with Crippen molar-refractivity contribution in [1.29, 1.82) is 0 Å². The molecule has 6 nitrogen and oxygen atoms in total. The number of likely N-dealkylation sites (tertiary alicyclic amines) is 1. The number of nitrogens with one attached hydrogen (secondary N) is 1. The highest BCUT2D eigenvalue weighted by atomic mass is 32.1. The fourth-order valence-corrected chi connectivity index (χ4v) is 2.89. The highest BCUT2D eigenvalue weighted by Crippen LogP contribution is 2.53. The normalized spacial score (nSPS) is 20.1. The number of hydrogen-bond donors (Lipinski definition) is 1. The highest BCUT2D eigenvalue weighted by molar-refractivity contribution is 7.13. The van der Waals surface area contributed by atoms with Gasteiger partial charge in [-0.05, 0) is 31.1 Å². The van der Waals surface area contributed by atoms with Crippen molar-refractivity contribution in [2.45, 2.75) is 25.7 Å². The SMILES string of the molecule is O=C(Nc1cncs1)OC(=O)N1CCC2(CC1)CC2. The maximum Gasteiger partial charge on any atom is 0.421 e. The number of aromatic nitrogens is 1. The first-order valence-electron chi connectivity index (χ1n) is 6.33. The average Bonchev–Trinajstić information content (AvgIpc) is 2.94. The Morgan fingerprint density at radius 1 is 1.32 bits per heavy atom. The van der Waals surface area contributed by atoms with E-state index in [-0.39, 0.29) is 0 Å². The molecule has 1 aliphatic heterocycles. The van der Waals surface area contributed by atoms with Gasteiger partial charge in [-0.25, -0.2) is 9.59 Å². The van der Waals surface area contributed by atoms with E-state index in [4.69, 9.17) is 4.74 Å². The maximum atomic E-state index is 11.8. The Bertz CT molecular complexity index is 474. The standard InChI is InChI=1S/C12H15N3O3S/c16-10(14-9-7-13-8-19-9)18-11(17)15-5-3-12(1-2-12)4-6-15/h7-8H,1-6H2,(H,14,16). The molecule has 2 heterocycles. The van der Waals surface area contributed by atoms with E-state index in [9.17, 15) is 9.59 Å². The van der Waals surface area contributed by atoms with Gasteiger partial charge in [-0.15, -0.1) is 11.3 Å². The molecule has 1 saturated heterocycles. The van der Waals surface area contributed by atoms with Crippen LogP contribution in [0.1, 0.15) is 25.7 Å². The Labute approximate surface area is 114 Å². The largest absolute Gasteiger partial charge is 0.421 e. The van der Waals surface area contributed by atoms with Crippen molar-refractivity contribution >= 4 is 28.5 Å². The van der Waals surface area contributed by atoms with Crippen LogP contribution in [0, 0.1) is 5.41 Å². The molecule has 0 unspecified atom stereocenters. The molecule has 0 atom stereocenters. The van der Waals surface area contributed by atoms with Crippen LogP contribution in [0.4, 0.5) is 14.6 Å². The van der Waals surface area contributed by atoms with Crippen molar-refractivity contribution in [3.63, 3.8) is 0 Å². The molecule has 19 heavy (non-hydrogen) atoms. The summed E-state index contributed by atoms with van der Waals surface area (Å²) in [4.78, 5) is 28.7. The lowest BCUT2D eigenvalue weighted by molar-refractivity contribution is 0.106. The summed E-state index contributed by atoms with van der Waals surface area (Å²) in [6.45, 7) is 1.37. The van der Waals surface area contributed by atoms with Crippen molar-refractivity contribution in [3.8, 4) is 0 Å². The van der Waals surface area contributed by atoms with Crippen molar-refractivity contribution in [3.05, 3.63) is 11.7 Å². The van der Waals surface area contributed by atoms with Gasteiger partial charge in [0.1, 0.15) is 5.00 Å². The molecule has 102 valence electrons. The van der Waals surface area contributed by atoms with Crippen LogP contribution in [-0.2, 0) is 4.74 Å². The number of hydrogen-bond acceptors (Lipinski definition) is 5. The summed E-state index contributed by atoms with van der Waals surface area (Å²) >= 11 is 1.27. The smallest absolute Gasteiger partial charge is 0.359 e. The summed E-state index contributed by atoms with van der Waals surface area (Å²) in [5, 5.41) is 3.03. The van der Waals surface area contributed by atoms with E-state index in [0.29, 0.717) is 23.5 Å². The molecule has 1 N–H and O–H groups in total. The van der Waals surface area contributed by atoms with Gasteiger partial charge in [-0.1, -0.05) is 0 Å². The van der Waals surface area contributed by atoms with Crippen LogP contribution in [0.2, 0.25) is 0 Å². The van der Waals surface area contributed by atoms with E-state index in [0.717, 1.165) is 12.8 Å². The number of carbonyl (C=O) groups is 2. The van der Waals surface area contributed by atoms with Gasteiger partial charge in [0.25, 0.3) is 0 Å². The van der Waals surface area contributed by atoms with Crippen LogP contribution in [0.15, 0.2) is 11.7 Å². The topological polar surface area (TPSA) is 71.5 Å². The summed E-state index contributed by atoms with van der Waals surface area (Å²) in [5.41, 5.74) is 2.10. The van der Waals surface area contributed by atoms with Gasteiger partial charge in [0.15, 0.2) is 0 Å². The van der Waals surface area contributed by atoms with Gasteiger partial charge in [0, 0.05) is 13.1 Å². The third-order valence-corrected chi connectivity index (χ3v) is 4.57. The Balaban J connectivity index is 1.46. The Morgan fingerprint density at radius 2 is 2.05 bits per heavy atom. The lowest BCUT2D eigenvalue weighted by Crippen LogP contribution is -2.40. The lowest BCUT2D eigenvalue weighted by Gasteiger charge is -2.30. The monoisotopic (exact) mass is 281 g/mol. The first kappa shape index (κ1) is 12.4. The molecule has 1 spiro atoms. The van der Waals surface area contributed by atoms with Crippen molar-refractivity contribution in [2.24, 2.45) is 5.41 Å². The lowest BCUT2D eigenvalue weighted by atomic mass is 9.94. The first-order chi connectivity index (χ1) is 9.17. The molecule has 1 aliphatic carbocycles. The Kier molecular flexibility index (Phi) is 3.14. The van der Waals surface area contributed by atoms with E-state index in [1.165, 1.54) is 30.4 Å². The number of anilines is 1. The number of ether oxygens (including phenoxy) is 1. The molecule has 3 rings (SSSR count). The second-order valence-electron chi connectivity index (χ2n) is 5.13. The van der Waals surface area contributed by atoms with Gasteiger partial charge in [0.05, 0.1) is 11.7 Å². The molecule has 0 bridgehead atoms. The van der Waals surface area contributed by atoms with E-state index in [2.05, 4.69) is 10.3 Å². The predicted octanol–water partition coefficient (Wildman–Crippen LogP) is 2.69. The van der Waals surface area contributed by atoms with Crippen molar-refractivity contribution in [1.82, 2.24) is 9.88 Å². The fraction of sp³-hybridized carbons (Fsp3) is 0.583. The summed E-state index contributed by atoms with van der Waals surface area (Å²) in [5.74, 6) is 0. The van der Waals surface area contributed by atoms with Gasteiger partial charge in [0.2, 0.25) is 0 Å². The third kappa shape index (κ3) is 2.86. The maximum absolute atomic E-state index is 11.8. The molecule has 0 aromatic carbocycles. The van der Waals surface area contributed by atoms with Crippen LogP contribution in [0.3, 0.4) is 0 Å². The van der Waals surface area contributed by atoms with E-state index in [1.54, 1.807) is 10.4 Å². The van der Waals surface area contributed by atoms with Crippen LogP contribution in [0.25, 0.3) is 0 Å². The summed E-state index contributed by atoms with van der Waals surface area (Å²) in [6.07, 6.45) is 4.81. The molecule has 0 radical (unpaired) electrons. The van der Waals surface area contributed by atoms with E-state index >= 15 is 0 Å². The van der Waals surface area contributed by atoms with Crippen molar-refractivity contribution in [2.75, 3.05) is 18.4 Å². The Hall–Kier alpha value is -1.63. The summed E-state index contributed by atoms with van der Waals surface area (Å²) < 4.78 is 4.77. The molecule has 1 aromatic heterocycles. The van der Waals surface area contributed by atoms with Gasteiger partial charge >= 0.3 is 12.2 Å². The zero-order valence-electron chi connectivity index (χ0n) is 10.4. The number of carbonyl (C=O) groups excluding carboxylic acids is 2. The number of piperidine rings is 1. The average molecular weight is 281 g/mol. The second kappa shape index (κ2) is 4.80. The molecule has 2 aliphatic rings. The van der Waals surface area contributed by atoms with Crippen molar-refractivity contribution < 1.29 is 14.3 Å². The van der Waals surface area contributed by atoms with Crippen LogP contribution in [0.5, 0.6) is 0 Å². The predicted molar refractivity (Wildman–Crippen MR) is 70.1 cm³/mol. The highest BCUT2D eigenvalue weighted by Gasteiger charge is 2.45. The third-order valence-electron chi connectivity index (χ3n) is 3.88. The summed E-state index contributed by atoms with van der Waals surface area (Å²) in [7, 11) is 0.